The van der Waals surface area contributed by atoms with Crippen molar-refractivity contribution in [1.29, 1.82) is 0 Å². The summed E-state index contributed by atoms with van der Waals surface area (Å²) in [6.45, 7) is 7.24. The zero-order valence-corrected chi connectivity index (χ0v) is 19.1. The van der Waals surface area contributed by atoms with Crippen LogP contribution in [0.4, 0.5) is 11.6 Å². The van der Waals surface area contributed by atoms with Gasteiger partial charge in [-0.2, -0.15) is 0 Å². The molecule has 9 heteroatoms. The van der Waals surface area contributed by atoms with Crippen LogP contribution in [0, 0.1) is 0 Å². The van der Waals surface area contributed by atoms with Crippen molar-refractivity contribution >= 4 is 49.3 Å². The van der Waals surface area contributed by atoms with Crippen molar-refractivity contribution < 1.29 is 9.53 Å². The Morgan fingerprint density at radius 3 is 2.90 bits per heavy atom. The zero-order valence-electron chi connectivity index (χ0n) is 18.2. The summed E-state index contributed by atoms with van der Waals surface area (Å²) in [5.41, 5.74) is 3.13. The highest BCUT2D eigenvalue weighted by Crippen LogP contribution is 2.43. The Bertz CT molecular complexity index is 1160. The second-order valence-electron chi connectivity index (χ2n) is 8.84. The number of rotatable bonds is 6. The van der Waals surface area contributed by atoms with Crippen LogP contribution in [-0.4, -0.2) is 58.0 Å². The summed E-state index contributed by atoms with van der Waals surface area (Å²) in [6.07, 6.45) is 5.01. The fraction of sp³-hybridized carbons (Fsp3) is 0.545. The number of amides is 1. The second-order valence-corrected chi connectivity index (χ2v) is 9.84. The third-order valence-corrected chi connectivity index (χ3v) is 7.21. The lowest BCUT2D eigenvalue weighted by Crippen LogP contribution is -2.32. The topological polar surface area (TPSA) is 92.3 Å². The molecule has 0 aromatic carbocycles. The Morgan fingerprint density at radius 2 is 2.13 bits per heavy atom. The normalized spacial score (nSPS) is 18.0. The summed E-state index contributed by atoms with van der Waals surface area (Å²) in [7, 11) is 1.90. The number of ether oxygens (including phenoxy) is 1. The van der Waals surface area contributed by atoms with Gasteiger partial charge in [0, 0.05) is 50.5 Å². The molecule has 2 aliphatic heterocycles. The van der Waals surface area contributed by atoms with Crippen LogP contribution in [0.2, 0.25) is 0 Å². The van der Waals surface area contributed by atoms with Gasteiger partial charge in [0.15, 0.2) is 0 Å². The molecule has 2 N–H and O–H groups in total. The highest BCUT2D eigenvalue weighted by Gasteiger charge is 2.31. The molecule has 164 valence electrons. The number of hydrogen-bond acceptors (Lipinski definition) is 8. The number of pyridine rings is 1. The first-order valence-electron chi connectivity index (χ1n) is 10.9. The molecule has 1 fully saturated rings. The van der Waals surface area contributed by atoms with Crippen LogP contribution in [0.1, 0.15) is 44.2 Å². The fourth-order valence-electron chi connectivity index (χ4n) is 4.56. The number of nitrogens with one attached hydrogen (secondary N) is 2. The van der Waals surface area contributed by atoms with E-state index in [4.69, 9.17) is 9.72 Å². The second kappa shape index (κ2) is 7.87. The van der Waals surface area contributed by atoms with Gasteiger partial charge in [0.1, 0.15) is 22.8 Å². The summed E-state index contributed by atoms with van der Waals surface area (Å²) in [6, 6.07) is 0. The van der Waals surface area contributed by atoms with Crippen molar-refractivity contribution in [3.63, 3.8) is 0 Å². The highest BCUT2D eigenvalue weighted by molar-refractivity contribution is 7.26. The number of anilines is 2. The number of carbonyl (C=O) groups excluding carboxylic acids is 1. The number of hydrogen-bond donors (Lipinski definition) is 2. The summed E-state index contributed by atoms with van der Waals surface area (Å²) < 4.78 is 7.09. The summed E-state index contributed by atoms with van der Waals surface area (Å²) in [5.74, 6) is 1.99. The fourth-order valence-corrected chi connectivity index (χ4v) is 5.68. The Labute approximate surface area is 185 Å². The van der Waals surface area contributed by atoms with Gasteiger partial charge >= 0.3 is 0 Å². The Hall–Kier alpha value is -2.52. The molecule has 2 aliphatic rings. The minimum Gasteiger partial charge on any atom is -0.373 e. The summed E-state index contributed by atoms with van der Waals surface area (Å²) in [5, 5.41) is 7.83. The number of thiophene rings is 1. The van der Waals surface area contributed by atoms with Gasteiger partial charge < -0.3 is 20.3 Å². The maximum Gasteiger partial charge on any atom is 0.222 e. The molecule has 31 heavy (non-hydrogen) atoms. The van der Waals surface area contributed by atoms with E-state index >= 15 is 0 Å². The first-order valence-corrected chi connectivity index (χ1v) is 11.7. The molecule has 0 bridgehead atoms. The van der Waals surface area contributed by atoms with Crippen LogP contribution >= 0.6 is 11.3 Å². The summed E-state index contributed by atoms with van der Waals surface area (Å²) >= 11 is 1.63. The number of nitrogens with zero attached hydrogens (tertiary/aromatic N) is 4. The van der Waals surface area contributed by atoms with Gasteiger partial charge in [-0.1, -0.05) is 0 Å². The zero-order chi connectivity index (χ0) is 21.6. The van der Waals surface area contributed by atoms with Gasteiger partial charge in [0.2, 0.25) is 5.91 Å². The van der Waals surface area contributed by atoms with E-state index in [9.17, 15) is 4.79 Å². The minimum absolute atomic E-state index is 0.221. The van der Waals surface area contributed by atoms with Gasteiger partial charge in [-0.15, -0.1) is 11.3 Å². The van der Waals surface area contributed by atoms with Crippen molar-refractivity contribution in [1.82, 2.24) is 19.9 Å². The predicted octanol–water partition coefficient (Wildman–Crippen LogP) is 3.56. The Morgan fingerprint density at radius 1 is 1.26 bits per heavy atom. The lowest BCUT2D eigenvalue weighted by atomic mass is 9.90. The molecule has 5 heterocycles. The van der Waals surface area contributed by atoms with Crippen molar-refractivity contribution in [2.75, 3.05) is 37.3 Å². The average molecular weight is 441 g/mol. The van der Waals surface area contributed by atoms with E-state index in [1.165, 1.54) is 5.56 Å². The van der Waals surface area contributed by atoms with E-state index < -0.39 is 0 Å². The van der Waals surface area contributed by atoms with Crippen LogP contribution in [0.25, 0.3) is 20.4 Å². The number of likely N-dealkylation sites (tertiary alicyclic amines) is 1. The van der Waals surface area contributed by atoms with Crippen LogP contribution in [0.5, 0.6) is 0 Å². The van der Waals surface area contributed by atoms with E-state index in [-0.39, 0.29) is 11.5 Å². The average Bonchev–Trinajstić information content (AvgIpc) is 3.33. The van der Waals surface area contributed by atoms with Crippen molar-refractivity contribution in [3.8, 4) is 0 Å². The largest absolute Gasteiger partial charge is 0.373 e. The molecular weight excluding hydrogens is 412 g/mol. The summed E-state index contributed by atoms with van der Waals surface area (Å²) in [4.78, 5) is 28.8. The molecule has 0 radical (unpaired) electrons. The Balaban J connectivity index is 1.47. The quantitative estimate of drug-likeness (QED) is 0.566. The maximum atomic E-state index is 11.8. The van der Waals surface area contributed by atoms with E-state index in [0.29, 0.717) is 13.0 Å². The van der Waals surface area contributed by atoms with Gasteiger partial charge in [-0.3, -0.25) is 4.79 Å². The van der Waals surface area contributed by atoms with E-state index in [0.717, 1.165) is 76.5 Å². The molecule has 0 atom stereocenters. The minimum atomic E-state index is -0.221. The first-order chi connectivity index (χ1) is 15.0. The third-order valence-electron chi connectivity index (χ3n) is 6.13. The smallest absolute Gasteiger partial charge is 0.222 e. The van der Waals surface area contributed by atoms with Crippen molar-refractivity contribution in [2.24, 2.45) is 0 Å². The number of aromatic nitrogens is 3. The monoisotopic (exact) mass is 440 g/mol. The molecule has 5 rings (SSSR count). The molecule has 0 spiro atoms. The first kappa shape index (κ1) is 20.4. The number of carbonyl (C=O) groups is 1. The Kier molecular flexibility index (Phi) is 5.18. The maximum absolute atomic E-state index is 11.8. The molecule has 0 saturated carbocycles. The van der Waals surface area contributed by atoms with E-state index in [1.807, 2.05) is 11.9 Å². The molecule has 1 saturated heterocycles. The molecule has 1 amide bonds. The molecular formula is C22H28N6O2S. The molecule has 3 aromatic heterocycles. The lowest BCUT2D eigenvalue weighted by molar-refractivity contribution is -0.127. The molecule has 8 nitrogen and oxygen atoms in total. The van der Waals surface area contributed by atoms with Gasteiger partial charge in [-0.25, -0.2) is 15.0 Å². The lowest BCUT2D eigenvalue weighted by Gasteiger charge is -2.33. The predicted molar refractivity (Wildman–Crippen MR) is 124 cm³/mol. The van der Waals surface area contributed by atoms with E-state index in [1.54, 1.807) is 17.7 Å². The van der Waals surface area contributed by atoms with Crippen LogP contribution in [0.15, 0.2) is 6.33 Å². The van der Waals surface area contributed by atoms with Crippen molar-refractivity contribution in [2.45, 2.75) is 51.7 Å². The van der Waals surface area contributed by atoms with Gasteiger partial charge in [0.05, 0.1) is 22.4 Å². The highest BCUT2D eigenvalue weighted by atomic mass is 32.1. The van der Waals surface area contributed by atoms with Gasteiger partial charge in [-0.05, 0) is 32.3 Å². The number of fused-ring (bicyclic) bond motifs is 5. The molecule has 3 aromatic rings. The third kappa shape index (κ3) is 3.70. The standard InChI is InChI=1S/C22H28N6O2S/c1-22(2)10-13-14(11-30-22)19(23-3)27-21-16(13)17-18(31-21)20(26-12-25-17)24-7-5-9-28-8-4-6-15(28)29/h12H,4-11H2,1-3H3,(H,23,27)(H,24,25,26). The SMILES string of the molecule is CNc1nc2sc3c(NCCCN4CCCC4=O)ncnc3c2c2c1COC(C)(C)C2. The van der Waals surface area contributed by atoms with Gasteiger partial charge in [0.25, 0.3) is 0 Å². The van der Waals surface area contributed by atoms with E-state index in [2.05, 4.69) is 34.4 Å². The molecule has 0 unspecified atom stereocenters. The van der Waals surface area contributed by atoms with Crippen LogP contribution in [-0.2, 0) is 22.6 Å². The van der Waals surface area contributed by atoms with Crippen LogP contribution < -0.4 is 10.6 Å². The van der Waals surface area contributed by atoms with Crippen LogP contribution in [0.3, 0.4) is 0 Å². The van der Waals surface area contributed by atoms with Crippen molar-refractivity contribution in [3.05, 3.63) is 17.5 Å². The molecule has 0 aliphatic carbocycles.